The van der Waals surface area contributed by atoms with Crippen LogP contribution in [0.25, 0.3) is 11.3 Å². The zero-order valence-corrected chi connectivity index (χ0v) is 9.41. The molecule has 0 saturated heterocycles. The van der Waals surface area contributed by atoms with Crippen molar-refractivity contribution in [3.63, 3.8) is 0 Å². The number of ether oxygens (including phenoxy) is 1. The molecule has 0 atom stereocenters. The smallest absolute Gasteiger partial charge is 0.338 e. The van der Waals surface area contributed by atoms with Crippen molar-refractivity contribution in [1.29, 1.82) is 0 Å². The molecule has 7 heteroatoms. The number of hydrogen-bond acceptors (Lipinski definition) is 5. The minimum Gasteiger partial charge on any atom is -0.465 e. The van der Waals surface area contributed by atoms with Gasteiger partial charge in [0.1, 0.15) is 0 Å². The van der Waals surface area contributed by atoms with Crippen molar-refractivity contribution in [1.82, 2.24) is 10.2 Å². The normalized spacial score (nSPS) is 10.1. The van der Waals surface area contributed by atoms with Gasteiger partial charge in [0.2, 0.25) is 0 Å². The fourth-order valence-corrected chi connectivity index (χ4v) is 1.56. The molecule has 0 bridgehead atoms. The summed E-state index contributed by atoms with van der Waals surface area (Å²) in [7, 11) is 1.22. The molecule has 92 valence electrons. The summed E-state index contributed by atoms with van der Waals surface area (Å²) in [5, 5.41) is 17.4. The topological polar surface area (TPSA) is 98.1 Å². The van der Waals surface area contributed by atoms with Gasteiger partial charge in [-0.05, 0) is 18.2 Å². The molecule has 0 unspecified atom stereocenters. The standard InChI is InChI=1S/C11H9N3O4/c1-18-11(15)7-2-3-8(9-4-5-12-13-9)10(6-7)14(16)17/h2-6H,1H3,(H,12,13). The molecule has 1 N–H and O–H groups in total. The van der Waals surface area contributed by atoms with Crippen molar-refractivity contribution in [2.75, 3.05) is 7.11 Å². The first-order chi connectivity index (χ1) is 8.63. The average Bonchev–Trinajstić information content (AvgIpc) is 2.90. The number of carbonyl (C=O) groups excluding carboxylic acids is 1. The molecule has 2 aromatic rings. The van der Waals surface area contributed by atoms with Crippen LogP contribution in [-0.4, -0.2) is 28.2 Å². The zero-order chi connectivity index (χ0) is 13.1. The van der Waals surface area contributed by atoms with Crippen molar-refractivity contribution in [3.05, 3.63) is 46.1 Å². The molecule has 1 heterocycles. The Morgan fingerprint density at radius 1 is 1.44 bits per heavy atom. The second kappa shape index (κ2) is 4.66. The highest BCUT2D eigenvalue weighted by molar-refractivity contribution is 5.91. The lowest BCUT2D eigenvalue weighted by atomic mass is 10.1. The van der Waals surface area contributed by atoms with Crippen molar-refractivity contribution in [2.24, 2.45) is 0 Å². The molecule has 0 aliphatic carbocycles. The van der Waals surface area contributed by atoms with Gasteiger partial charge in [-0.2, -0.15) is 5.10 Å². The van der Waals surface area contributed by atoms with Crippen LogP contribution in [0.15, 0.2) is 30.5 Å². The van der Waals surface area contributed by atoms with Crippen LogP contribution in [0.3, 0.4) is 0 Å². The Bertz CT molecular complexity index is 592. The molecule has 0 amide bonds. The van der Waals surface area contributed by atoms with Crippen LogP contribution in [0, 0.1) is 10.1 Å². The van der Waals surface area contributed by atoms with Gasteiger partial charge in [-0.25, -0.2) is 4.79 Å². The molecule has 1 aromatic heterocycles. The van der Waals surface area contributed by atoms with E-state index in [-0.39, 0.29) is 11.3 Å². The second-order valence-corrected chi connectivity index (χ2v) is 3.45. The Morgan fingerprint density at radius 3 is 2.78 bits per heavy atom. The molecule has 0 radical (unpaired) electrons. The van der Waals surface area contributed by atoms with Crippen LogP contribution in [0.5, 0.6) is 0 Å². The monoisotopic (exact) mass is 247 g/mol. The minimum absolute atomic E-state index is 0.132. The van der Waals surface area contributed by atoms with Gasteiger partial charge >= 0.3 is 5.97 Å². The van der Waals surface area contributed by atoms with E-state index in [2.05, 4.69) is 14.9 Å². The van der Waals surface area contributed by atoms with Gasteiger partial charge in [-0.15, -0.1) is 0 Å². The molecule has 0 saturated carbocycles. The Balaban J connectivity index is 2.55. The predicted octanol–water partition coefficient (Wildman–Crippen LogP) is 1.77. The minimum atomic E-state index is -0.616. The highest BCUT2D eigenvalue weighted by Gasteiger charge is 2.19. The maximum atomic E-state index is 11.3. The maximum Gasteiger partial charge on any atom is 0.338 e. The number of esters is 1. The number of nitro benzene ring substituents is 1. The molecule has 0 aliphatic rings. The molecule has 0 fully saturated rings. The van der Waals surface area contributed by atoms with Crippen LogP contribution in [0.2, 0.25) is 0 Å². The molecular formula is C11H9N3O4. The summed E-state index contributed by atoms with van der Waals surface area (Å²) in [5.41, 5.74) is 0.831. The number of H-pyrrole nitrogens is 1. The van der Waals surface area contributed by atoms with Gasteiger partial charge in [-0.3, -0.25) is 15.2 Å². The van der Waals surface area contributed by atoms with Crippen molar-refractivity contribution >= 4 is 11.7 Å². The van der Waals surface area contributed by atoms with E-state index in [0.29, 0.717) is 11.3 Å². The predicted molar refractivity (Wildman–Crippen MR) is 62.0 cm³/mol. The third-order valence-electron chi connectivity index (χ3n) is 2.41. The maximum absolute atomic E-state index is 11.3. The Labute approximate surface area is 102 Å². The van der Waals surface area contributed by atoms with Crippen LogP contribution in [-0.2, 0) is 4.74 Å². The van der Waals surface area contributed by atoms with Crippen LogP contribution < -0.4 is 0 Å². The molecule has 1 aromatic carbocycles. The lowest BCUT2D eigenvalue weighted by Crippen LogP contribution is -2.03. The number of hydrogen-bond donors (Lipinski definition) is 1. The summed E-state index contributed by atoms with van der Waals surface area (Å²) in [6, 6.07) is 5.75. The van der Waals surface area contributed by atoms with E-state index in [0.717, 1.165) is 0 Å². The van der Waals surface area contributed by atoms with E-state index >= 15 is 0 Å². The van der Waals surface area contributed by atoms with E-state index < -0.39 is 10.9 Å². The fourth-order valence-electron chi connectivity index (χ4n) is 1.56. The molecule has 0 spiro atoms. The van der Waals surface area contributed by atoms with E-state index in [9.17, 15) is 14.9 Å². The third-order valence-corrected chi connectivity index (χ3v) is 2.41. The summed E-state index contributed by atoms with van der Waals surface area (Å²) in [6.07, 6.45) is 1.49. The summed E-state index contributed by atoms with van der Waals surface area (Å²) in [5.74, 6) is -0.616. The first-order valence-corrected chi connectivity index (χ1v) is 5.00. The fraction of sp³-hybridized carbons (Fsp3) is 0.0909. The number of carbonyl (C=O) groups is 1. The van der Waals surface area contributed by atoms with Gasteiger partial charge < -0.3 is 4.74 Å². The van der Waals surface area contributed by atoms with E-state index in [1.54, 1.807) is 6.07 Å². The Morgan fingerprint density at radius 2 is 2.22 bits per heavy atom. The number of benzene rings is 1. The summed E-state index contributed by atoms with van der Waals surface area (Å²) in [6.45, 7) is 0. The van der Waals surface area contributed by atoms with Gasteiger partial charge in [0.25, 0.3) is 5.69 Å². The lowest BCUT2D eigenvalue weighted by Gasteiger charge is -2.03. The van der Waals surface area contributed by atoms with Gasteiger partial charge in [0, 0.05) is 12.3 Å². The average molecular weight is 247 g/mol. The van der Waals surface area contributed by atoms with E-state index in [4.69, 9.17) is 0 Å². The van der Waals surface area contributed by atoms with E-state index in [1.807, 2.05) is 0 Å². The summed E-state index contributed by atoms with van der Waals surface area (Å²) < 4.78 is 4.52. The first-order valence-electron chi connectivity index (χ1n) is 5.00. The molecular weight excluding hydrogens is 238 g/mol. The van der Waals surface area contributed by atoms with Crippen molar-refractivity contribution < 1.29 is 14.5 Å². The van der Waals surface area contributed by atoms with Crippen LogP contribution >= 0.6 is 0 Å². The highest BCUT2D eigenvalue weighted by atomic mass is 16.6. The number of aromatic amines is 1. The van der Waals surface area contributed by atoms with Crippen molar-refractivity contribution in [3.8, 4) is 11.3 Å². The quantitative estimate of drug-likeness (QED) is 0.506. The summed E-state index contributed by atoms with van der Waals surface area (Å²) >= 11 is 0. The lowest BCUT2D eigenvalue weighted by molar-refractivity contribution is -0.384. The van der Waals surface area contributed by atoms with Gasteiger partial charge in [0.05, 0.1) is 28.9 Å². The van der Waals surface area contributed by atoms with E-state index in [1.165, 1.54) is 31.5 Å². The van der Waals surface area contributed by atoms with Crippen LogP contribution in [0.1, 0.15) is 10.4 Å². The first kappa shape index (κ1) is 11.8. The Kier molecular flexibility index (Phi) is 3.05. The molecule has 18 heavy (non-hydrogen) atoms. The van der Waals surface area contributed by atoms with Gasteiger partial charge in [-0.1, -0.05) is 0 Å². The largest absolute Gasteiger partial charge is 0.465 e. The third kappa shape index (κ3) is 2.05. The Hall–Kier alpha value is -2.70. The SMILES string of the molecule is COC(=O)c1ccc(-c2ccn[nH]2)c([N+](=O)[O-])c1. The van der Waals surface area contributed by atoms with Gasteiger partial charge in [0.15, 0.2) is 0 Å². The van der Waals surface area contributed by atoms with Crippen molar-refractivity contribution in [2.45, 2.75) is 0 Å². The number of nitrogens with zero attached hydrogens (tertiary/aromatic N) is 2. The summed E-state index contributed by atoms with van der Waals surface area (Å²) in [4.78, 5) is 21.8. The number of rotatable bonds is 3. The molecule has 0 aliphatic heterocycles. The molecule has 2 rings (SSSR count). The number of nitro groups is 1. The van der Waals surface area contributed by atoms with Crippen LogP contribution in [0.4, 0.5) is 5.69 Å². The number of nitrogens with one attached hydrogen (secondary N) is 1. The zero-order valence-electron chi connectivity index (χ0n) is 9.41. The number of aromatic nitrogens is 2. The number of methoxy groups -OCH3 is 1. The highest BCUT2D eigenvalue weighted by Crippen LogP contribution is 2.29. The molecule has 7 nitrogen and oxygen atoms in total. The second-order valence-electron chi connectivity index (χ2n) is 3.45.